The first kappa shape index (κ1) is 21.8. The summed E-state index contributed by atoms with van der Waals surface area (Å²) in [7, 11) is 0. The van der Waals surface area contributed by atoms with E-state index in [1.165, 1.54) is 23.5 Å². The Balaban J connectivity index is 1.57. The van der Waals surface area contributed by atoms with E-state index in [9.17, 15) is 22.8 Å². The molecule has 2 amide bonds. The molecule has 6 nitrogen and oxygen atoms in total. The first-order chi connectivity index (χ1) is 14.2. The van der Waals surface area contributed by atoms with E-state index in [1.807, 2.05) is 16.3 Å². The molecule has 2 N–H and O–H groups in total. The Morgan fingerprint density at radius 2 is 1.90 bits per heavy atom. The molecule has 2 aromatic rings. The maximum Gasteiger partial charge on any atom is 0.405 e. The zero-order valence-electron chi connectivity index (χ0n) is 15.8. The molecule has 0 aliphatic heterocycles. The maximum atomic E-state index is 12.4. The molecule has 0 atom stereocenters. The van der Waals surface area contributed by atoms with Crippen molar-refractivity contribution >= 4 is 28.2 Å². The smallest absolute Gasteiger partial charge is 0.343 e. The molecule has 0 bridgehead atoms. The zero-order chi connectivity index (χ0) is 21.7. The highest BCUT2D eigenvalue weighted by Crippen LogP contribution is 2.29. The van der Waals surface area contributed by atoms with Crippen LogP contribution in [0, 0.1) is 11.3 Å². The summed E-state index contributed by atoms with van der Waals surface area (Å²) in [5, 5.41) is 15.9. The summed E-state index contributed by atoms with van der Waals surface area (Å²) in [4.78, 5) is 26.2. The summed E-state index contributed by atoms with van der Waals surface area (Å²) in [6, 6.07) is 10.2. The fourth-order valence-electron chi connectivity index (χ4n) is 2.88. The molecule has 1 aromatic heterocycles. The fourth-order valence-corrected chi connectivity index (χ4v) is 3.63. The molecule has 1 aliphatic rings. The number of thiophene rings is 1. The number of anilines is 1. The van der Waals surface area contributed by atoms with Gasteiger partial charge in [-0.3, -0.25) is 14.5 Å². The molecule has 1 heterocycles. The van der Waals surface area contributed by atoms with Crippen LogP contribution in [0.25, 0.3) is 0 Å². The van der Waals surface area contributed by atoms with Gasteiger partial charge in [0, 0.05) is 18.2 Å². The van der Waals surface area contributed by atoms with E-state index in [-0.39, 0.29) is 24.1 Å². The highest BCUT2D eigenvalue weighted by Gasteiger charge is 2.31. The number of nitriles is 1. The average Bonchev–Trinajstić information content (AvgIpc) is 3.45. The molecule has 1 fully saturated rings. The highest BCUT2D eigenvalue weighted by atomic mass is 32.1. The van der Waals surface area contributed by atoms with Gasteiger partial charge in [0.15, 0.2) is 0 Å². The summed E-state index contributed by atoms with van der Waals surface area (Å²) in [6.45, 7) is -0.755. The van der Waals surface area contributed by atoms with Gasteiger partial charge < -0.3 is 10.6 Å². The minimum atomic E-state index is -4.46. The number of nitrogens with zero attached hydrogens (tertiary/aromatic N) is 2. The number of benzene rings is 1. The van der Waals surface area contributed by atoms with Gasteiger partial charge in [-0.1, -0.05) is 12.1 Å². The Morgan fingerprint density at radius 3 is 2.50 bits per heavy atom. The molecule has 0 saturated heterocycles. The first-order valence-electron chi connectivity index (χ1n) is 9.20. The Kier molecular flexibility index (Phi) is 6.74. The third-order valence-electron chi connectivity index (χ3n) is 4.50. The molecular formula is C20H19F3N4O2S. The number of carbonyl (C=O) groups excluding carboxylic acids is 2. The normalized spacial score (nSPS) is 13.7. The summed E-state index contributed by atoms with van der Waals surface area (Å²) in [5.74, 6) is -1.01. The summed E-state index contributed by atoms with van der Waals surface area (Å²) < 4.78 is 36.7. The second kappa shape index (κ2) is 9.28. The molecule has 3 rings (SSSR count). The number of hydrogen-bond donors (Lipinski definition) is 2. The molecule has 1 aliphatic carbocycles. The lowest BCUT2D eigenvalue weighted by Gasteiger charge is -2.21. The molecule has 0 radical (unpaired) electrons. The largest absolute Gasteiger partial charge is 0.405 e. The third-order valence-corrected chi connectivity index (χ3v) is 5.33. The van der Waals surface area contributed by atoms with Crippen LogP contribution in [0.3, 0.4) is 0 Å². The van der Waals surface area contributed by atoms with Crippen molar-refractivity contribution < 1.29 is 22.8 Å². The van der Waals surface area contributed by atoms with Gasteiger partial charge >= 0.3 is 6.18 Å². The van der Waals surface area contributed by atoms with E-state index < -0.39 is 18.6 Å². The molecular weight excluding hydrogens is 417 g/mol. The molecule has 30 heavy (non-hydrogen) atoms. The van der Waals surface area contributed by atoms with Gasteiger partial charge in [-0.05, 0) is 42.0 Å². The number of halogens is 3. The number of alkyl halides is 3. The van der Waals surface area contributed by atoms with Gasteiger partial charge in [-0.25, -0.2) is 0 Å². The lowest BCUT2D eigenvalue weighted by atomic mass is 10.1. The van der Waals surface area contributed by atoms with Crippen molar-refractivity contribution in [3.63, 3.8) is 0 Å². The van der Waals surface area contributed by atoms with Crippen molar-refractivity contribution in [3.05, 3.63) is 52.4 Å². The van der Waals surface area contributed by atoms with E-state index in [2.05, 4.69) is 5.32 Å². The van der Waals surface area contributed by atoms with Crippen LogP contribution >= 0.6 is 11.3 Å². The standard InChI is InChI=1S/C20H19F3N4O2S/c21-20(22,23)12-25-18(29)14-3-1-13(2-4-14)10-27(16-5-6-16)11-17(28)26-19-15(9-24)7-8-30-19/h1-4,7-8,16H,5-6,10-12H2,(H,25,29)(H,26,28). The summed E-state index contributed by atoms with van der Waals surface area (Å²) in [5.41, 5.74) is 1.40. The van der Waals surface area contributed by atoms with Gasteiger partial charge in [0.1, 0.15) is 17.6 Å². The monoisotopic (exact) mass is 436 g/mol. The van der Waals surface area contributed by atoms with Crippen LogP contribution in [0.4, 0.5) is 18.2 Å². The Bertz CT molecular complexity index is 946. The predicted molar refractivity (Wildman–Crippen MR) is 106 cm³/mol. The highest BCUT2D eigenvalue weighted by molar-refractivity contribution is 7.14. The number of amides is 2. The van der Waals surface area contributed by atoms with Crippen LogP contribution < -0.4 is 10.6 Å². The maximum absolute atomic E-state index is 12.4. The topological polar surface area (TPSA) is 85.2 Å². The summed E-state index contributed by atoms with van der Waals surface area (Å²) >= 11 is 1.29. The van der Waals surface area contributed by atoms with Crippen LogP contribution in [0.1, 0.15) is 34.3 Å². The van der Waals surface area contributed by atoms with Gasteiger partial charge in [-0.15, -0.1) is 11.3 Å². The minimum Gasteiger partial charge on any atom is -0.343 e. The van der Waals surface area contributed by atoms with Crippen molar-refractivity contribution in [1.82, 2.24) is 10.2 Å². The fraction of sp³-hybridized carbons (Fsp3) is 0.350. The van der Waals surface area contributed by atoms with Gasteiger partial charge in [0.2, 0.25) is 5.91 Å². The van der Waals surface area contributed by atoms with Gasteiger partial charge in [0.25, 0.3) is 5.91 Å². The van der Waals surface area contributed by atoms with Crippen LogP contribution in [-0.4, -0.2) is 42.0 Å². The quantitative estimate of drug-likeness (QED) is 0.663. The van der Waals surface area contributed by atoms with E-state index in [0.717, 1.165) is 18.4 Å². The van der Waals surface area contributed by atoms with Crippen LogP contribution in [0.2, 0.25) is 0 Å². The summed E-state index contributed by atoms with van der Waals surface area (Å²) in [6.07, 6.45) is -2.50. The van der Waals surface area contributed by atoms with E-state index in [0.29, 0.717) is 17.1 Å². The molecule has 1 aromatic carbocycles. The second-order valence-electron chi connectivity index (χ2n) is 6.95. The van der Waals surface area contributed by atoms with Gasteiger partial charge in [0.05, 0.1) is 12.1 Å². The van der Waals surface area contributed by atoms with Crippen LogP contribution in [0.5, 0.6) is 0 Å². The Hall–Kier alpha value is -2.90. The number of rotatable bonds is 8. The van der Waals surface area contributed by atoms with Crippen molar-refractivity contribution in [2.24, 2.45) is 0 Å². The number of nitrogens with one attached hydrogen (secondary N) is 2. The number of carbonyl (C=O) groups is 2. The van der Waals surface area contributed by atoms with Crippen LogP contribution in [0.15, 0.2) is 35.7 Å². The second-order valence-corrected chi connectivity index (χ2v) is 7.87. The average molecular weight is 436 g/mol. The SMILES string of the molecule is N#Cc1ccsc1NC(=O)CN(Cc1ccc(C(=O)NCC(F)(F)F)cc1)C1CC1. The van der Waals surface area contributed by atoms with Crippen molar-refractivity contribution in [2.45, 2.75) is 31.6 Å². The van der Waals surface area contributed by atoms with E-state index in [1.54, 1.807) is 23.6 Å². The van der Waals surface area contributed by atoms with E-state index in [4.69, 9.17) is 5.26 Å². The molecule has 0 unspecified atom stereocenters. The third kappa shape index (κ3) is 6.30. The minimum absolute atomic E-state index is 0.139. The van der Waals surface area contributed by atoms with Crippen molar-refractivity contribution in [2.75, 3.05) is 18.4 Å². The van der Waals surface area contributed by atoms with E-state index >= 15 is 0 Å². The predicted octanol–water partition coefficient (Wildman–Crippen LogP) is 3.51. The van der Waals surface area contributed by atoms with Crippen molar-refractivity contribution in [3.8, 4) is 6.07 Å². The molecule has 10 heteroatoms. The van der Waals surface area contributed by atoms with Crippen LogP contribution in [-0.2, 0) is 11.3 Å². The zero-order valence-corrected chi connectivity index (χ0v) is 16.6. The Labute approximate surface area is 175 Å². The van der Waals surface area contributed by atoms with Gasteiger partial charge in [-0.2, -0.15) is 18.4 Å². The molecule has 0 spiro atoms. The molecule has 158 valence electrons. The lowest BCUT2D eigenvalue weighted by molar-refractivity contribution is -0.123. The number of hydrogen-bond acceptors (Lipinski definition) is 5. The lowest BCUT2D eigenvalue weighted by Crippen LogP contribution is -2.34. The first-order valence-corrected chi connectivity index (χ1v) is 10.1. The Morgan fingerprint density at radius 1 is 1.20 bits per heavy atom. The molecule has 1 saturated carbocycles. The van der Waals surface area contributed by atoms with Crippen molar-refractivity contribution in [1.29, 1.82) is 5.26 Å².